The summed E-state index contributed by atoms with van der Waals surface area (Å²) in [7, 11) is 0.194. The summed E-state index contributed by atoms with van der Waals surface area (Å²) >= 11 is 0. The lowest BCUT2D eigenvalue weighted by atomic mass is 9.88. The van der Waals surface area contributed by atoms with Crippen LogP contribution in [-0.4, -0.2) is 28.0 Å². The van der Waals surface area contributed by atoms with Gasteiger partial charge in [0.2, 0.25) is 0 Å². The van der Waals surface area contributed by atoms with E-state index in [4.69, 9.17) is 9.47 Å². The van der Waals surface area contributed by atoms with Crippen LogP contribution in [0.3, 0.4) is 0 Å². The van der Waals surface area contributed by atoms with Crippen molar-refractivity contribution in [1.29, 1.82) is 0 Å². The van der Waals surface area contributed by atoms with Gasteiger partial charge in [-0.05, 0) is 17.5 Å². The SMILES string of the molecule is CCCC(C#C[Si](C)(C)C)C(NCc1ccccc1)C(OCOC)c1ccccc1. The van der Waals surface area contributed by atoms with Gasteiger partial charge in [0.05, 0.1) is 6.04 Å². The third kappa shape index (κ3) is 8.45. The fourth-order valence-corrected chi connectivity index (χ4v) is 4.06. The summed E-state index contributed by atoms with van der Waals surface area (Å²) in [5, 5.41) is 3.80. The van der Waals surface area contributed by atoms with E-state index in [-0.39, 0.29) is 24.9 Å². The fraction of sp³-hybridized carbons (Fsp3) is 0.462. The molecule has 2 rings (SSSR count). The Morgan fingerprint density at radius 1 is 0.967 bits per heavy atom. The first-order valence-electron chi connectivity index (χ1n) is 10.9. The molecule has 3 nitrogen and oxygen atoms in total. The Morgan fingerprint density at radius 3 is 2.17 bits per heavy atom. The van der Waals surface area contributed by atoms with Crippen LogP contribution in [0.5, 0.6) is 0 Å². The van der Waals surface area contributed by atoms with E-state index in [2.05, 4.69) is 97.9 Å². The Hall–Kier alpha value is -1.90. The lowest BCUT2D eigenvalue weighted by molar-refractivity contribution is -0.0900. The lowest BCUT2D eigenvalue weighted by Crippen LogP contribution is -2.42. The first-order valence-corrected chi connectivity index (χ1v) is 14.4. The number of methoxy groups -OCH3 is 1. The first-order chi connectivity index (χ1) is 14.4. The minimum absolute atomic E-state index is 0.0616. The van der Waals surface area contributed by atoms with Crippen molar-refractivity contribution in [3.05, 3.63) is 71.8 Å². The van der Waals surface area contributed by atoms with Gasteiger partial charge in [0, 0.05) is 19.6 Å². The van der Waals surface area contributed by atoms with Crippen molar-refractivity contribution in [2.75, 3.05) is 13.9 Å². The van der Waals surface area contributed by atoms with Crippen LogP contribution in [-0.2, 0) is 16.0 Å². The fourth-order valence-electron chi connectivity index (χ4n) is 3.44. The van der Waals surface area contributed by atoms with Gasteiger partial charge in [0.25, 0.3) is 0 Å². The maximum absolute atomic E-state index is 6.25. The second-order valence-corrected chi connectivity index (χ2v) is 13.5. The molecule has 0 aliphatic rings. The molecule has 3 atom stereocenters. The van der Waals surface area contributed by atoms with Gasteiger partial charge in [0.15, 0.2) is 0 Å². The highest BCUT2D eigenvalue weighted by molar-refractivity contribution is 6.83. The predicted molar refractivity (Wildman–Crippen MR) is 129 cm³/mol. The molecule has 0 bridgehead atoms. The molecule has 0 heterocycles. The molecule has 0 radical (unpaired) electrons. The van der Waals surface area contributed by atoms with Crippen molar-refractivity contribution >= 4 is 8.07 Å². The highest BCUT2D eigenvalue weighted by Crippen LogP contribution is 2.29. The molecule has 162 valence electrons. The zero-order valence-corrected chi connectivity index (χ0v) is 20.2. The molecule has 0 saturated carbocycles. The molecule has 0 aliphatic carbocycles. The number of rotatable bonds is 11. The molecule has 0 spiro atoms. The molecule has 0 aromatic heterocycles. The molecule has 0 saturated heterocycles. The zero-order valence-electron chi connectivity index (χ0n) is 19.2. The van der Waals surface area contributed by atoms with Crippen LogP contribution in [0, 0.1) is 17.4 Å². The number of ether oxygens (including phenoxy) is 2. The molecule has 3 unspecified atom stereocenters. The highest BCUT2D eigenvalue weighted by atomic mass is 28.3. The van der Waals surface area contributed by atoms with E-state index in [0.29, 0.717) is 0 Å². The summed E-state index contributed by atoms with van der Waals surface area (Å²) in [6.45, 7) is 10.1. The van der Waals surface area contributed by atoms with Crippen LogP contribution in [0.1, 0.15) is 37.0 Å². The summed E-state index contributed by atoms with van der Waals surface area (Å²) in [6, 6.07) is 21.0. The molecule has 4 heteroatoms. The van der Waals surface area contributed by atoms with Gasteiger partial charge >= 0.3 is 0 Å². The van der Waals surface area contributed by atoms with Crippen molar-refractivity contribution in [3.63, 3.8) is 0 Å². The number of nitrogens with one attached hydrogen (secondary N) is 1. The summed E-state index contributed by atoms with van der Waals surface area (Å²) in [6.07, 6.45) is 1.98. The van der Waals surface area contributed by atoms with E-state index in [1.807, 2.05) is 6.07 Å². The molecule has 2 aromatic carbocycles. The quantitative estimate of drug-likeness (QED) is 0.281. The van der Waals surface area contributed by atoms with Crippen LogP contribution < -0.4 is 5.32 Å². The summed E-state index contributed by atoms with van der Waals surface area (Å²) in [4.78, 5) is 0. The molecule has 0 fully saturated rings. The average molecular weight is 424 g/mol. The molecular weight excluding hydrogens is 386 g/mol. The topological polar surface area (TPSA) is 30.5 Å². The third-order valence-corrected chi connectivity index (χ3v) is 5.76. The Bertz CT molecular complexity index is 777. The van der Waals surface area contributed by atoms with Crippen LogP contribution in [0.15, 0.2) is 60.7 Å². The third-order valence-electron chi connectivity index (χ3n) is 4.87. The summed E-state index contributed by atoms with van der Waals surface area (Å²) in [5.74, 6) is 3.85. The van der Waals surface area contributed by atoms with E-state index in [9.17, 15) is 0 Å². The van der Waals surface area contributed by atoms with Gasteiger partial charge in [-0.25, -0.2) is 0 Å². The predicted octanol–water partition coefficient (Wildman–Crippen LogP) is 5.80. The van der Waals surface area contributed by atoms with Crippen LogP contribution in [0.25, 0.3) is 0 Å². The average Bonchev–Trinajstić information content (AvgIpc) is 2.74. The standard InChI is InChI=1S/C26H37NO2Si/c1-6-13-23(18-19-30(3,4)5)25(27-20-22-14-9-7-10-15-22)26(29-21-28-2)24-16-11-8-12-17-24/h7-12,14-17,23,25-27H,6,13,20-21H2,1-5H3. The van der Waals surface area contributed by atoms with Crippen molar-refractivity contribution < 1.29 is 9.47 Å². The van der Waals surface area contributed by atoms with Crippen LogP contribution >= 0.6 is 0 Å². The lowest BCUT2D eigenvalue weighted by Gasteiger charge is -2.33. The maximum atomic E-state index is 6.25. The Morgan fingerprint density at radius 2 is 1.60 bits per heavy atom. The summed E-state index contributed by atoms with van der Waals surface area (Å²) < 4.78 is 11.5. The number of benzene rings is 2. The van der Waals surface area contributed by atoms with E-state index < -0.39 is 8.07 Å². The second-order valence-electron chi connectivity index (χ2n) is 8.71. The van der Waals surface area contributed by atoms with Gasteiger partial charge in [-0.2, -0.15) is 0 Å². The van der Waals surface area contributed by atoms with E-state index in [1.165, 1.54) is 5.56 Å². The van der Waals surface area contributed by atoms with Crippen molar-refractivity contribution in [1.82, 2.24) is 5.32 Å². The minimum atomic E-state index is -1.48. The molecule has 1 N–H and O–H groups in total. The molecule has 0 amide bonds. The van der Waals surface area contributed by atoms with Crippen molar-refractivity contribution in [3.8, 4) is 11.5 Å². The Kier molecular flexibility index (Phi) is 10.3. The van der Waals surface area contributed by atoms with Crippen LogP contribution in [0.4, 0.5) is 0 Å². The second kappa shape index (κ2) is 12.7. The van der Waals surface area contributed by atoms with Gasteiger partial charge in [-0.3, -0.25) is 0 Å². The van der Waals surface area contributed by atoms with Gasteiger partial charge < -0.3 is 14.8 Å². The summed E-state index contributed by atoms with van der Waals surface area (Å²) in [5.41, 5.74) is 6.02. The van der Waals surface area contributed by atoms with Crippen molar-refractivity contribution in [2.24, 2.45) is 5.92 Å². The van der Waals surface area contributed by atoms with E-state index in [0.717, 1.165) is 24.9 Å². The first kappa shape index (κ1) is 24.4. The monoisotopic (exact) mass is 423 g/mol. The van der Waals surface area contributed by atoms with Gasteiger partial charge in [-0.15, -0.1) is 11.5 Å². The highest BCUT2D eigenvalue weighted by Gasteiger charge is 2.30. The van der Waals surface area contributed by atoms with E-state index in [1.54, 1.807) is 7.11 Å². The van der Waals surface area contributed by atoms with Crippen LogP contribution in [0.2, 0.25) is 19.6 Å². The number of hydrogen-bond donors (Lipinski definition) is 1. The molecule has 30 heavy (non-hydrogen) atoms. The van der Waals surface area contributed by atoms with Gasteiger partial charge in [-0.1, -0.05) is 93.6 Å². The van der Waals surface area contributed by atoms with E-state index >= 15 is 0 Å². The zero-order chi connectivity index (χ0) is 21.8. The molecular formula is C26H37NO2Si. The van der Waals surface area contributed by atoms with Gasteiger partial charge in [0.1, 0.15) is 21.0 Å². The normalized spacial score (nSPS) is 14.4. The van der Waals surface area contributed by atoms with Crippen molar-refractivity contribution in [2.45, 2.75) is 58.1 Å². The largest absolute Gasteiger partial charge is 0.359 e. The Labute approximate surface area is 184 Å². The molecule has 0 aliphatic heterocycles. The Balaban J connectivity index is 2.39. The molecule has 2 aromatic rings. The minimum Gasteiger partial charge on any atom is -0.359 e. The number of hydrogen-bond acceptors (Lipinski definition) is 3. The maximum Gasteiger partial charge on any atom is 0.147 e. The smallest absolute Gasteiger partial charge is 0.147 e.